The second-order valence-electron chi connectivity index (χ2n) is 5.53. The summed E-state index contributed by atoms with van der Waals surface area (Å²) in [5.74, 6) is -0.795. The third kappa shape index (κ3) is 5.21. The van der Waals surface area contributed by atoms with Gasteiger partial charge in [0, 0.05) is 36.8 Å². The molecule has 1 fully saturated rings. The van der Waals surface area contributed by atoms with Crippen LogP contribution in [0.1, 0.15) is 19.3 Å². The summed E-state index contributed by atoms with van der Waals surface area (Å²) in [6, 6.07) is 6.09. The Morgan fingerprint density at radius 1 is 1.26 bits per heavy atom. The predicted molar refractivity (Wildman–Crippen MR) is 84.9 cm³/mol. The van der Waals surface area contributed by atoms with Gasteiger partial charge in [0.1, 0.15) is 5.82 Å². The van der Waals surface area contributed by atoms with Crippen molar-refractivity contribution < 1.29 is 23.8 Å². The molecule has 23 heavy (non-hydrogen) atoms. The zero-order valence-corrected chi connectivity index (χ0v) is 13.5. The number of benzene rings is 1. The normalized spacial score (nSPS) is 16.7. The number of carboxylic acid groups (broad SMARTS) is 1. The first kappa shape index (κ1) is 17.7. The zero-order valence-electron chi connectivity index (χ0n) is 12.7. The van der Waals surface area contributed by atoms with E-state index in [2.05, 4.69) is 5.32 Å². The second kappa shape index (κ2) is 8.31. The first-order valence-corrected chi connectivity index (χ1v) is 8.47. The Hall–Kier alpha value is -1.60. The van der Waals surface area contributed by atoms with E-state index in [4.69, 9.17) is 4.74 Å². The van der Waals surface area contributed by atoms with Crippen LogP contribution in [0.15, 0.2) is 29.2 Å². The van der Waals surface area contributed by atoms with Crippen molar-refractivity contribution in [3.63, 3.8) is 0 Å². The molecule has 2 N–H and O–H groups in total. The second-order valence-corrected chi connectivity index (χ2v) is 6.70. The molecule has 1 heterocycles. The molecule has 1 saturated heterocycles. The van der Waals surface area contributed by atoms with Crippen molar-refractivity contribution in [1.29, 1.82) is 0 Å². The molecule has 0 bridgehead atoms. The fourth-order valence-corrected chi connectivity index (χ4v) is 3.23. The number of carboxylic acids is 1. The van der Waals surface area contributed by atoms with E-state index in [0.29, 0.717) is 31.8 Å². The summed E-state index contributed by atoms with van der Waals surface area (Å²) >= 11 is 1.46. The van der Waals surface area contributed by atoms with Gasteiger partial charge in [-0.2, -0.15) is 0 Å². The molecule has 7 heteroatoms. The van der Waals surface area contributed by atoms with Crippen LogP contribution in [0.2, 0.25) is 0 Å². The Kier molecular flexibility index (Phi) is 6.41. The third-order valence-corrected chi connectivity index (χ3v) is 4.95. The van der Waals surface area contributed by atoms with Gasteiger partial charge in [0.15, 0.2) is 0 Å². The number of carbonyl (C=O) groups excluding carboxylic acids is 1. The number of nitrogens with one attached hydrogen (secondary N) is 1. The molecular formula is C16H20FNO4S. The van der Waals surface area contributed by atoms with Crippen LogP contribution in [0, 0.1) is 11.2 Å². The molecule has 0 atom stereocenters. The summed E-state index contributed by atoms with van der Waals surface area (Å²) in [6.07, 6.45) is 1.11. The zero-order chi connectivity index (χ0) is 16.7. The minimum atomic E-state index is -0.919. The highest BCUT2D eigenvalue weighted by Gasteiger charge is 2.40. The summed E-state index contributed by atoms with van der Waals surface area (Å²) in [4.78, 5) is 24.3. The van der Waals surface area contributed by atoms with Crippen LogP contribution in [0.4, 0.5) is 4.39 Å². The maximum absolute atomic E-state index is 12.8. The summed E-state index contributed by atoms with van der Waals surface area (Å²) in [7, 11) is 0. The van der Waals surface area contributed by atoms with Crippen molar-refractivity contribution in [1.82, 2.24) is 5.32 Å². The Bertz CT molecular complexity index is 544. The lowest BCUT2D eigenvalue weighted by atomic mass is 9.80. The summed E-state index contributed by atoms with van der Waals surface area (Å²) in [5.41, 5.74) is -0.919. The lowest BCUT2D eigenvalue weighted by Gasteiger charge is -2.33. The average Bonchev–Trinajstić information content (AvgIpc) is 2.55. The largest absolute Gasteiger partial charge is 0.481 e. The van der Waals surface area contributed by atoms with Gasteiger partial charge >= 0.3 is 5.97 Å². The van der Waals surface area contributed by atoms with Crippen molar-refractivity contribution in [3.05, 3.63) is 30.1 Å². The van der Waals surface area contributed by atoms with Gasteiger partial charge in [-0.25, -0.2) is 4.39 Å². The summed E-state index contributed by atoms with van der Waals surface area (Å²) in [5, 5.41) is 12.1. The molecule has 0 aliphatic carbocycles. The third-order valence-electron chi connectivity index (χ3n) is 3.94. The molecule has 0 saturated carbocycles. The molecule has 5 nitrogen and oxygen atoms in total. The van der Waals surface area contributed by atoms with Gasteiger partial charge in [0.25, 0.3) is 0 Å². The van der Waals surface area contributed by atoms with E-state index in [0.717, 1.165) is 4.90 Å². The van der Waals surface area contributed by atoms with E-state index in [9.17, 15) is 19.1 Å². The van der Waals surface area contributed by atoms with Gasteiger partial charge < -0.3 is 15.2 Å². The van der Waals surface area contributed by atoms with Crippen LogP contribution < -0.4 is 5.32 Å². The van der Waals surface area contributed by atoms with Gasteiger partial charge in [-0.1, -0.05) is 0 Å². The molecule has 2 rings (SSSR count). The number of hydrogen-bond donors (Lipinski definition) is 2. The van der Waals surface area contributed by atoms with Crippen molar-refractivity contribution in [2.75, 3.05) is 25.5 Å². The van der Waals surface area contributed by atoms with Gasteiger partial charge in [0.05, 0.1) is 5.41 Å². The van der Waals surface area contributed by atoms with Crippen LogP contribution >= 0.6 is 11.8 Å². The number of carbonyl (C=O) groups is 2. The Balaban J connectivity index is 1.73. The topological polar surface area (TPSA) is 75.6 Å². The Labute approximate surface area is 138 Å². The van der Waals surface area contributed by atoms with E-state index in [1.54, 1.807) is 12.1 Å². The van der Waals surface area contributed by atoms with E-state index in [-0.39, 0.29) is 24.7 Å². The molecule has 1 aliphatic rings. The standard InChI is InChI=1S/C16H20FNO4S/c17-12-1-3-13(4-2-12)23-10-5-14(19)18-11-16(15(20)21)6-8-22-9-7-16/h1-4H,5-11H2,(H,18,19)(H,20,21). The number of thioether (sulfide) groups is 1. The van der Waals surface area contributed by atoms with Crippen LogP contribution in [-0.2, 0) is 14.3 Å². The maximum Gasteiger partial charge on any atom is 0.311 e. The monoisotopic (exact) mass is 341 g/mol. The van der Waals surface area contributed by atoms with E-state index < -0.39 is 11.4 Å². The minimum absolute atomic E-state index is 0.131. The average molecular weight is 341 g/mol. The van der Waals surface area contributed by atoms with Gasteiger partial charge in [0.2, 0.25) is 5.91 Å². The molecule has 1 aromatic carbocycles. The molecule has 0 radical (unpaired) electrons. The fraction of sp³-hybridized carbons (Fsp3) is 0.500. The van der Waals surface area contributed by atoms with E-state index in [1.807, 2.05) is 0 Å². The lowest BCUT2D eigenvalue weighted by Crippen LogP contribution is -2.46. The van der Waals surface area contributed by atoms with Crippen LogP contribution in [0.25, 0.3) is 0 Å². The minimum Gasteiger partial charge on any atom is -0.481 e. The van der Waals surface area contributed by atoms with Gasteiger partial charge in [-0.3, -0.25) is 9.59 Å². The summed E-state index contributed by atoms with van der Waals surface area (Å²) in [6.45, 7) is 0.941. The number of ether oxygens (including phenoxy) is 1. The molecule has 0 aromatic heterocycles. The van der Waals surface area contributed by atoms with Crippen molar-refractivity contribution >= 4 is 23.6 Å². The molecular weight excluding hydrogens is 321 g/mol. The number of amides is 1. The molecule has 126 valence electrons. The molecule has 0 spiro atoms. The van der Waals surface area contributed by atoms with Crippen molar-refractivity contribution in [3.8, 4) is 0 Å². The fourth-order valence-electron chi connectivity index (χ4n) is 2.38. The smallest absolute Gasteiger partial charge is 0.311 e. The quantitative estimate of drug-likeness (QED) is 0.745. The first-order chi connectivity index (χ1) is 11.0. The number of aliphatic carboxylic acids is 1. The molecule has 0 unspecified atom stereocenters. The predicted octanol–water partition coefficient (Wildman–Crippen LogP) is 2.31. The van der Waals surface area contributed by atoms with E-state index >= 15 is 0 Å². The highest BCUT2D eigenvalue weighted by Crippen LogP contribution is 2.30. The highest BCUT2D eigenvalue weighted by molar-refractivity contribution is 7.99. The molecule has 1 amide bonds. The SMILES string of the molecule is O=C(CCSc1ccc(F)cc1)NCC1(C(=O)O)CCOCC1. The van der Waals surface area contributed by atoms with E-state index in [1.165, 1.54) is 23.9 Å². The van der Waals surface area contributed by atoms with Crippen LogP contribution in [0.3, 0.4) is 0 Å². The Morgan fingerprint density at radius 2 is 1.91 bits per heavy atom. The van der Waals surface area contributed by atoms with Crippen molar-refractivity contribution in [2.24, 2.45) is 5.41 Å². The Morgan fingerprint density at radius 3 is 2.52 bits per heavy atom. The van der Waals surface area contributed by atoms with Gasteiger partial charge in [-0.05, 0) is 37.1 Å². The number of rotatable bonds is 7. The summed E-state index contributed by atoms with van der Waals surface area (Å²) < 4.78 is 18.0. The maximum atomic E-state index is 12.8. The lowest BCUT2D eigenvalue weighted by molar-refractivity contribution is -0.154. The highest BCUT2D eigenvalue weighted by atomic mass is 32.2. The van der Waals surface area contributed by atoms with Crippen LogP contribution in [0.5, 0.6) is 0 Å². The molecule has 1 aliphatic heterocycles. The van der Waals surface area contributed by atoms with Crippen LogP contribution in [-0.4, -0.2) is 42.5 Å². The van der Waals surface area contributed by atoms with Gasteiger partial charge in [-0.15, -0.1) is 11.8 Å². The molecule has 1 aromatic rings. The number of halogens is 1. The first-order valence-electron chi connectivity index (χ1n) is 7.48. The van der Waals surface area contributed by atoms with Crippen molar-refractivity contribution in [2.45, 2.75) is 24.2 Å². The number of hydrogen-bond acceptors (Lipinski definition) is 4.